The Morgan fingerprint density at radius 1 is 0.902 bits per heavy atom. The smallest absolute Gasteiger partial charge is 0.416 e. The van der Waals surface area contributed by atoms with Crippen molar-refractivity contribution < 1.29 is 32.2 Å². The molecule has 9 heteroatoms. The van der Waals surface area contributed by atoms with Gasteiger partial charge in [0, 0.05) is 26.7 Å². The molecule has 4 rings (SSSR count). The van der Waals surface area contributed by atoms with E-state index in [0.29, 0.717) is 35.0 Å². The fourth-order valence-electron chi connectivity index (χ4n) is 4.31. The number of alkyl halides is 3. The largest absolute Gasteiger partial charge is 0.479 e. The van der Waals surface area contributed by atoms with Gasteiger partial charge in [-0.1, -0.05) is 25.1 Å². The van der Waals surface area contributed by atoms with Gasteiger partial charge in [-0.05, 0) is 92.4 Å². The molecular formula is C32H31F3O4S2. The summed E-state index contributed by atoms with van der Waals surface area (Å²) in [7, 11) is 0. The minimum absolute atomic E-state index is 0.357. The van der Waals surface area contributed by atoms with E-state index in [-0.39, 0.29) is 0 Å². The van der Waals surface area contributed by atoms with Gasteiger partial charge in [0.25, 0.3) is 0 Å². The number of carboxylic acids is 1. The highest BCUT2D eigenvalue weighted by atomic mass is 32.2. The Balaban J connectivity index is 1.56. The lowest BCUT2D eigenvalue weighted by atomic mass is 10.1. The number of carbonyl (C=O) groups is 1. The summed E-state index contributed by atoms with van der Waals surface area (Å²) in [5.74, 6) is 1.96. The third-order valence-corrected chi connectivity index (χ3v) is 8.43. The summed E-state index contributed by atoms with van der Waals surface area (Å²) < 4.78 is 51.1. The van der Waals surface area contributed by atoms with Gasteiger partial charge in [-0.3, -0.25) is 0 Å². The second kappa shape index (κ2) is 13.1. The van der Waals surface area contributed by atoms with Crippen molar-refractivity contribution in [3.63, 3.8) is 0 Å². The van der Waals surface area contributed by atoms with E-state index in [9.17, 15) is 23.1 Å². The molecule has 0 saturated carbocycles. The van der Waals surface area contributed by atoms with Crippen molar-refractivity contribution in [2.24, 2.45) is 0 Å². The van der Waals surface area contributed by atoms with Crippen LogP contribution in [0.25, 0.3) is 11.3 Å². The van der Waals surface area contributed by atoms with Gasteiger partial charge in [0.1, 0.15) is 17.3 Å². The van der Waals surface area contributed by atoms with Gasteiger partial charge in [-0.15, -0.1) is 23.5 Å². The summed E-state index contributed by atoms with van der Waals surface area (Å²) in [5.41, 5.74) is 4.00. The van der Waals surface area contributed by atoms with Crippen LogP contribution in [-0.4, -0.2) is 17.2 Å². The monoisotopic (exact) mass is 600 g/mol. The molecule has 0 aliphatic heterocycles. The number of carboxylic acid groups (broad SMARTS) is 1. The predicted octanol–water partition coefficient (Wildman–Crippen LogP) is 9.72. The highest BCUT2D eigenvalue weighted by Gasteiger charge is 2.30. The molecule has 4 aromatic rings. The summed E-state index contributed by atoms with van der Waals surface area (Å²) in [6, 6.07) is 18.9. The summed E-state index contributed by atoms with van der Waals surface area (Å²) in [5, 5.41) is 9.30. The van der Waals surface area contributed by atoms with E-state index in [0.717, 1.165) is 38.8 Å². The number of hydrogen-bond donors (Lipinski definition) is 1. The highest BCUT2D eigenvalue weighted by molar-refractivity contribution is 7.99. The van der Waals surface area contributed by atoms with Crippen LogP contribution in [0.2, 0.25) is 0 Å². The first kappa shape index (κ1) is 30.7. The summed E-state index contributed by atoms with van der Waals surface area (Å²) in [6.45, 7) is 7.74. The minimum Gasteiger partial charge on any atom is -0.479 e. The summed E-state index contributed by atoms with van der Waals surface area (Å²) >= 11 is 3.24. The van der Waals surface area contributed by atoms with Gasteiger partial charge < -0.3 is 14.3 Å². The maximum atomic E-state index is 13.1. The first-order chi connectivity index (χ1) is 19.4. The first-order valence-electron chi connectivity index (χ1n) is 13.1. The molecule has 1 heterocycles. The van der Waals surface area contributed by atoms with Crippen molar-refractivity contribution >= 4 is 29.5 Å². The van der Waals surface area contributed by atoms with Crippen LogP contribution >= 0.6 is 23.5 Å². The van der Waals surface area contributed by atoms with Crippen molar-refractivity contribution in [3.05, 3.63) is 100 Å². The standard InChI is InChI=1S/C32H31F3O4S2/c1-5-27(31(36)37)38-28-11-10-25(15-21(28)4)40-17-23-16-29(22-6-8-24(9-7-22)32(33,34)35)39-30(23)18-41-26-13-19(2)12-20(3)14-26/h6-16,27H,5,17-18H2,1-4H3,(H,36,37). The van der Waals surface area contributed by atoms with Gasteiger partial charge >= 0.3 is 12.1 Å². The van der Waals surface area contributed by atoms with E-state index >= 15 is 0 Å². The fraction of sp³-hybridized carbons (Fsp3) is 0.281. The lowest BCUT2D eigenvalue weighted by Crippen LogP contribution is -2.26. The zero-order valence-corrected chi connectivity index (χ0v) is 24.8. The second-order valence-electron chi connectivity index (χ2n) is 9.82. The van der Waals surface area contributed by atoms with Crippen LogP contribution in [0.5, 0.6) is 5.75 Å². The normalized spacial score (nSPS) is 12.4. The molecule has 0 spiro atoms. The molecule has 216 valence electrons. The van der Waals surface area contributed by atoms with Gasteiger partial charge in [-0.2, -0.15) is 13.2 Å². The van der Waals surface area contributed by atoms with Crippen molar-refractivity contribution in [2.45, 2.75) is 67.7 Å². The number of halogens is 3. The van der Waals surface area contributed by atoms with E-state index in [1.54, 1.807) is 36.5 Å². The topological polar surface area (TPSA) is 59.7 Å². The van der Waals surface area contributed by atoms with E-state index in [1.165, 1.54) is 23.3 Å². The van der Waals surface area contributed by atoms with Crippen LogP contribution in [0.15, 0.2) is 80.9 Å². The van der Waals surface area contributed by atoms with E-state index < -0.39 is 23.8 Å². The number of aliphatic carboxylic acids is 1. The zero-order valence-electron chi connectivity index (χ0n) is 23.2. The van der Waals surface area contributed by atoms with Crippen LogP contribution in [0.1, 0.15) is 46.9 Å². The Hall–Kier alpha value is -3.30. The van der Waals surface area contributed by atoms with Crippen LogP contribution in [0.4, 0.5) is 13.2 Å². The number of benzene rings is 3. The van der Waals surface area contributed by atoms with Crippen molar-refractivity contribution in [3.8, 4) is 17.1 Å². The molecule has 41 heavy (non-hydrogen) atoms. The summed E-state index contributed by atoms with van der Waals surface area (Å²) in [6.07, 6.45) is -4.95. The van der Waals surface area contributed by atoms with E-state index in [1.807, 2.05) is 25.1 Å². The molecule has 0 fully saturated rings. The highest BCUT2D eigenvalue weighted by Crippen LogP contribution is 2.37. The van der Waals surface area contributed by atoms with Crippen LogP contribution in [0.3, 0.4) is 0 Å². The van der Waals surface area contributed by atoms with Gasteiger partial charge in [0.2, 0.25) is 0 Å². The average Bonchev–Trinajstić information content (AvgIpc) is 3.32. The maximum Gasteiger partial charge on any atom is 0.416 e. The van der Waals surface area contributed by atoms with Crippen LogP contribution in [0, 0.1) is 20.8 Å². The molecule has 1 aromatic heterocycles. The number of furan rings is 1. The van der Waals surface area contributed by atoms with Crippen LogP contribution in [-0.2, 0) is 22.5 Å². The quantitative estimate of drug-likeness (QED) is 0.173. The maximum absolute atomic E-state index is 13.1. The zero-order chi connectivity index (χ0) is 29.7. The number of ether oxygens (including phenoxy) is 1. The molecule has 3 aromatic carbocycles. The number of hydrogen-bond acceptors (Lipinski definition) is 5. The molecule has 1 unspecified atom stereocenters. The molecule has 0 saturated heterocycles. The number of thioether (sulfide) groups is 2. The lowest BCUT2D eigenvalue weighted by Gasteiger charge is -2.15. The van der Waals surface area contributed by atoms with Gasteiger partial charge in [0.15, 0.2) is 6.10 Å². The molecule has 1 atom stereocenters. The minimum atomic E-state index is -4.40. The average molecular weight is 601 g/mol. The van der Waals surface area contributed by atoms with Crippen LogP contribution < -0.4 is 4.74 Å². The van der Waals surface area contributed by atoms with E-state index in [4.69, 9.17) is 9.15 Å². The Labute approximate surface area is 246 Å². The van der Waals surface area contributed by atoms with Gasteiger partial charge in [-0.25, -0.2) is 4.79 Å². The molecule has 0 aliphatic rings. The molecular weight excluding hydrogens is 569 g/mol. The molecule has 0 radical (unpaired) electrons. The predicted molar refractivity (Wildman–Crippen MR) is 158 cm³/mol. The molecule has 0 bridgehead atoms. The SMILES string of the molecule is CCC(Oc1ccc(SCc2cc(-c3ccc(C(F)(F)F)cc3)oc2CSc2cc(C)cc(C)c2)cc1C)C(=O)O. The molecule has 0 aliphatic carbocycles. The van der Waals surface area contributed by atoms with Crippen molar-refractivity contribution in [1.82, 2.24) is 0 Å². The first-order valence-corrected chi connectivity index (χ1v) is 15.0. The third kappa shape index (κ3) is 8.14. The van der Waals surface area contributed by atoms with Crippen molar-refractivity contribution in [1.29, 1.82) is 0 Å². The molecule has 4 nitrogen and oxygen atoms in total. The third-order valence-electron chi connectivity index (χ3n) is 6.41. The second-order valence-corrected chi connectivity index (χ2v) is 11.9. The Bertz CT molecular complexity index is 1490. The number of rotatable bonds is 11. The van der Waals surface area contributed by atoms with Crippen molar-refractivity contribution in [2.75, 3.05) is 0 Å². The Morgan fingerprint density at radius 3 is 2.15 bits per heavy atom. The Morgan fingerprint density at radius 2 is 1.56 bits per heavy atom. The number of aryl methyl sites for hydroxylation is 3. The van der Waals surface area contributed by atoms with E-state index in [2.05, 4.69) is 32.0 Å². The summed E-state index contributed by atoms with van der Waals surface area (Å²) in [4.78, 5) is 13.4. The molecule has 0 amide bonds. The molecule has 1 N–H and O–H groups in total. The van der Waals surface area contributed by atoms with Gasteiger partial charge in [0.05, 0.1) is 11.3 Å². The Kier molecular flexibility index (Phi) is 9.81. The fourth-order valence-corrected chi connectivity index (χ4v) is 6.38. The lowest BCUT2D eigenvalue weighted by molar-refractivity contribution is -0.145.